The predicted molar refractivity (Wildman–Crippen MR) is 49.1 cm³/mol. The zero-order valence-electron chi connectivity index (χ0n) is 6.93. The molecular formula is C9H11O2P. The minimum atomic E-state index is -0.628. The second-order valence-electron chi connectivity index (χ2n) is 2.74. The largest absolute Gasteiger partial charge is 0.331 e. The van der Waals surface area contributed by atoms with Crippen LogP contribution in [0.25, 0.3) is 0 Å². The highest BCUT2D eigenvalue weighted by molar-refractivity contribution is 7.46. The molecule has 1 heterocycles. The van der Waals surface area contributed by atoms with Crippen LogP contribution in [0.15, 0.2) is 30.3 Å². The van der Waals surface area contributed by atoms with Gasteiger partial charge in [0.2, 0.25) is 0 Å². The third-order valence-electron chi connectivity index (χ3n) is 1.85. The second-order valence-corrected chi connectivity index (χ2v) is 4.09. The zero-order chi connectivity index (χ0) is 8.39. The summed E-state index contributed by atoms with van der Waals surface area (Å²) >= 11 is 0. The minimum Gasteiger partial charge on any atom is -0.331 e. The van der Waals surface area contributed by atoms with Gasteiger partial charge >= 0.3 is 0 Å². The van der Waals surface area contributed by atoms with Crippen molar-refractivity contribution in [1.82, 2.24) is 0 Å². The molecule has 1 fully saturated rings. The molecule has 0 N–H and O–H groups in total. The Labute approximate surface area is 73.4 Å². The Balaban J connectivity index is 2.11. The molecule has 3 heteroatoms. The van der Waals surface area contributed by atoms with Crippen molar-refractivity contribution in [3.05, 3.63) is 35.9 Å². The molecule has 0 spiro atoms. The van der Waals surface area contributed by atoms with Gasteiger partial charge in [0.15, 0.2) is 8.38 Å². The summed E-state index contributed by atoms with van der Waals surface area (Å²) < 4.78 is 11.0. The maximum atomic E-state index is 5.59. The Kier molecular flexibility index (Phi) is 2.40. The summed E-state index contributed by atoms with van der Waals surface area (Å²) in [7, 11) is -0.628. The molecule has 0 bridgehead atoms. The van der Waals surface area contributed by atoms with Crippen LogP contribution in [-0.2, 0) is 9.05 Å². The summed E-state index contributed by atoms with van der Waals surface area (Å²) in [6.07, 6.45) is 0.155. The average molecular weight is 182 g/mol. The number of hydrogen-bond donors (Lipinski definition) is 0. The van der Waals surface area contributed by atoms with Crippen molar-refractivity contribution >= 4 is 8.38 Å². The van der Waals surface area contributed by atoms with Gasteiger partial charge in [-0.25, -0.2) is 0 Å². The van der Waals surface area contributed by atoms with Gasteiger partial charge in [0.05, 0.1) is 6.61 Å². The smallest absolute Gasteiger partial charge is 0.167 e. The molecule has 1 aromatic rings. The highest BCUT2D eigenvalue weighted by Crippen LogP contribution is 2.47. The van der Waals surface area contributed by atoms with E-state index in [2.05, 4.69) is 12.1 Å². The molecule has 1 saturated heterocycles. The number of hydrogen-bond acceptors (Lipinski definition) is 2. The van der Waals surface area contributed by atoms with Crippen LogP contribution in [0.3, 0.4) is 0 Å². The normalized spacial score (nSPS) is 29.1. The van der Waals surface area contributed by atoms with Crippen molar-refractivity contribution in [2.24, 2.45) is 0 Å². The SMILES string of the molecule is CP1OCC(c2ccccc2)O1. The molecule has 64 valence electrons. The predicted octanol–water partition coefficient (Wildman–Crippen LogP) is 2.72. The van der Waals surface area contributed by atoms with Crippen molar-refractivity contribution in [2.45, 2.75) is 6.10 Å². The van der Waals surface area contributed by atoms with Gasteiger partial charge in [0.1, 0.15) is 6.10 Å². The third-order valence-corrected chi connectivity index (χ3v) is 2.92. The first-order valence-corrected chi connectivity index (χ1v) is 5.57. The van der Waals surface area contributed by atoms with E-state index >= 15 is 0 Å². The minimum absolute atomic E-state index is 0.155. The Morgan fingerprint density at radius 1 is 1.33 bits per heavy atom. The lowest BCUT2D eigenvalue weighted by Gasteiger charge is -2.06. The van der Waals surface area contributed by atoms with Crippen molar-refractivity contribution in [3.8, 4) is 0 Å². The van der Waals surface area contributed by atoms with Crippen LogP contribution < -0.4 is 0 Å². The molecule has 0 radical (unpaired) electrons. The van der Waals surface area contributed by atoms with Crippen LogP contribution >= 0.6 is 8.38 Å². The Morgan fingerprint density at radius 3 is 2.67 bits per heavy atom. The fourth-order valence-corrected chi connectivity index (χ4v) is 2.18. The van der Waals surface area contributed by atoms with Crippen molar-refractivity contribution < 1.29 is 9.05 Å². The van der Waals surface area contributed by atoms with E-state index in [9.17, 15) is 0 Å². The van der Waals surface area contributed by atoms with Crippen LogP contribution in [0.5, 0.6) is 0 Å². The van der Waals surface area contributed by atoms with Crippen LogP contribution in [0.1, 0.15) is 11.7 Å². The zero-order valence-corrected chi connectivity index (χ0v) is 7.83. The lowest BCUT2D eigenvalue weighted by molar-refractivity contribution is 0.246. The van der Waals surface area contributed by atoms with Gasteiger partial charge in [-0.1, -0.05) is 30.3 Å². The summed E-state index contributed by atoms with van der Waals surface area (Å²) in [5, 5.41) is 0. The van der Waals surface area contributed by atoms with E-state index < -0.39 is 8.38 Å². The summed E-state index contributed by atoms with van der Waals surface area (Å²) in [5.41, 5.74) is 1.21. The molecule has 2 atom stereocenters. The van der Waals surface area contributed by atoms with E-state index in [4.69, 9.17) is 9.05 Å². The summed E-state index contributed by atoms with van der Waals surface area (Å²) in [5.74, 6) is 0. The Hall–Kier alpha value is -0.430. The maximum absolute atomic E-state index is 5.59. The van der Waals surface area contributed by atoms with E-state index in [1.54, 1.807) is 0 Å². The van der Waals surface area contributed by atoms with Crippen LogP contribution in [0.4, 0.5) is 0 Å². The lowest BCUT2D eigenvalue weighted by Crippen LogP contribution is -1.97. The highest BCUT2D eigenvalue weighted by atomic mass is 31.2. The van der Waals surface area contributed by atoms with E-state index in [-0.39, 0.29) is 6.10 Å². The molecule has 1 aliphatic rings. The van der Waals surface area contributed by atoms with Crippen LogP contribution in [0.2, 0.25) is 0 Å². The summed E-state index contributed by atoms with van der Waals surface area (Å²) in [4.78, 5) is 0. The third kappa shape index (κ3) is 1.66. The van der Waals surface area contributed by atoms with Crippen molar-refractivity contribution in [1.29, 1.82) is 0 Å². The topological polar surface area (TPSA) is 18.5 Å². The van der Waals surface area contributed by atoms with E-state index in [0.717, 1.165) is 0 Å². The molecule has 2 unspecified atom stereocenters. The van der Waals surface area contributed by atoms with Crippen LogP contribution in [-0.4, -0.2) is 13.3 Å². The lowest BCUT2D eigenvalue weighted by atomic mass is 10.1. The molecule has 0 aliphatic carbocycles. The molecular weight excluding hydrogens is 171 g/mol. The highest BCUT2D eigenvalue weighted by Gasteiger charge is 2.24. The number of rotatable bonds is 1. The quantitative estimate of drug-likeness (QED) is 0.621. The summed E-state index contributed by atoms with van der Waals surface area (Å²) in [6, 6.07) is 10.2. The first-order valence-electron chi connectivity index (χ1n) is 3.94. The first kappa shape index (κ1) is 8.18. The standard InChI is InChI=1S/C9H11O2P/c1-12-10-7-9(11-12)8-5-3-2-4-6-8/h2-6,9H,7H2,1H3. The van der Waals surface area contributed by atoms with Gasteiger partial charge in [-0.15, -0.1) is 0 Å². The Morgan fingerprint density at radius 2 is 2.08 bits per heavy atom. The maximum Gasteiger partial charge on any atom is 0.167 e. The average Bonchev–Trinajstić information content (AvgIpc) is 2.54. The molecule has 0 saturated carbocycles. The molecule has 12 heavy (non-hydrogen) atoms. The van der Waals surface area contributed by atoms with Crippen molar-refractivity contribution in [2.75, 3.05) is 13.3 Å². The molecule has 2 nitrogen and oxygen atoms in total. The van der Waals surface area contributed by atoms with Gasteiger partial charge in [-0.3, -0.25) is 0 Å². The molecule has 1 aliphatic heterocycles. The fraction of sp³-hybridized carbons (Fsp3) is 0.333. The van der Waals surface area contributed by atoms with Gasteiger partial charge in [0.25, 0.3) is 0 Å². The van der Waals surface area contributed by atoms with Crippen LogP contribution in [0, 0.1) is 0 Å². The molecule has 2 rings (SSSR count). The fourth-order valence-electron chi connectivity index (χ4n) is 1.24. The molecule has 0 amide bonds. The van der Waals surface area contributed by atoms with Gasteiger partial charge in [-0.2, -0.15) is 0 Å². The Bertz CT molecular complexity index is 250. The van der Waals surface area contributed by atoms with Gasteiger partial charge in [-0.05, 0) is 5.56 Å². The monoisotopic (exact) mass is 182 g/mol. The van der Waals surface area contributed by atoms with Crippen molar-refractivity contribution in [3.63, 3.8) is 0 Å². The van der Waals surface area contributed by atoms with Gasteiger partial charge in [0, 0.05) is 6.66 Å². The number of benzene rings is 1. The molecule has 1 aromatic carbocycles. The van der Waals surface area contributed by atoms with Gasteiger partial charge < -0.3 is 9.05 Å². The van der Waals surface area contributed by atoms with E-state index in [0.29, 0.717) is 6.61 Å². The first-order chi connectivity index (χ1) is 5.86. The summed E-state index contributed by atoms with van der Waals surface area (Å²) in [6.45, 7) is 2.69. The second kappa shape index (κ2) is 3.53. The van der Waals surface area contributed by atoms with E-state index in [1.807, 2.05) is 24.9 Å². The molecule has 0 aromatic heterocycles. The van der Waals surface area contributed by atoms with E-state index in [1.165, 1.54) is 5.56 Å².